The number of methoxy groups -OCH3 is 1. The van der Waals surface area contributed by atoms with Gasteiger partial charge in [-0.25, -0.2) is 0 Å². The lowest BCUT2D eigenvalue weighted by molar-refractivity contribution is -0.112. The zero-order chi connectivity index (χ0) is 22.5. The van der Waals surface area contributed by atoms with Crippen LogP contribution in [0, 0.1) is 11.3 Å². The van der Waals surface area contributed by atoms with E-state index in [-0.39, 0.29) is 5.57 Å². The first-order valence-electron chi connectivity index (χ1n) is 10.6. The summed E-state index contributed by atoms with van der Waals surface area (Å²) >= 11 is 3.45. The van der Waals surface area contributed by atoms with Crippen molar-refractivity contribution in [1.29, 1.82) is 5.26 Å². The van der Waals surface area contributed by atoms with E-state index in [0.29, 0.717) is 29.4 Å². The van der Waals surface area contributed by atoms with Gasteiger partial charge in [0, 0.05) is 15.7 Å². The lowest BCUT2D eigenvalue weighted by atomic mass is 10.1. The van der Waals surface area contributed by atoms with Gasteiger partial charge < -0.3 is 14.8 Å². The van der Waals surface area contributed by atoms with Crippen molar-refractivity contribution in [2.24, 2.45) is 0 Å². The van der Waals surface area contributed by atoms with Crippen LogP contribution in [0.25, 0.3) is 6.08 Å². The summed E-state index contributed by atoms with van der Waals surface area (Å²) in [5.74, 6) is 0.867. The number of halogens is 1. The van der Waals surface area contributed by atoms with Gasteiger partial charge >= 0.3 is 0 Å². The first kappa shape index (κ1) is 24.5. The Bertz CT molecular complexity index is 917. The molecule has 0 aliphatic rings. The monoisotopic (exact) mass is 484 g/mol. The Morgan fingerprint density at radius 2 is 1.81 bits per heavy atom. The number of unbranched alkanes of at least 4 members (excludes halogenated alkanes) is 5. The van der Waals surface area contributed by atoms with E-state index in [1.54, 1.807) is 37.5 Å². The third-order valence-corrected chi connectivity index (χ3v) is 5.23. The molecule has 0 spiro atoms. The van der Waals surface area contributed by atoms with Gasteiger partial charge in [0.2, 0.25) is 0 Å². The van der Waals surface area contributed by atoms with Crippen molar-refractivity contribution < 1.29 is 14.3 Å². The first-order chi connectivity index (χ1) is 15.1. The molecule has 6 heteroatoms. The van der Waals surface area contributed by atoms with Crippen LogP contribution in [0.1, 0.15) is 51.0 Å². The van der Waals surface area contributed by atoms with Gasteiger partial charge in [0.05, 0.1) is 13.7 Å². The second-order valence-electron chi connectivity index (χ2n) is 7.15. The SMILES string of the molecule is CCCCCCCCOc1ccc(Br)cc1/C=C(/C#N)C(=O)Nc1ccc(OC)cc1. The van der Waals surface area contributed by atoms with Gasteiger partial charge in [0.1, 0.15) is 23.1 Å². The average molecular weight is 485 g/mol. The van der Waals surface area contributed by atoms with Crippen molar-refractivity contribution >= 4 is 33.6 Å². The first-order valence-corrected chi connectivity index (χ1v) is 11.4. The van der Waals surface area contributed by atoms with Crippen LogP contribution in [0.2, 0.25) is 0 Å². The molecule has 31 heavy (non-hydrogen) atoms. The van der Waals surface area contributed by atoms with E-state index < -0.39 is 5.91 Å². The van der Waals surface area contributed by atoms with Crippen LogP contribution < -0.4 is 14.8 Å². The minimum Gasteiger partial charge on any atom is -0.497 e. The molecule has 0 aromatic heterocycles. The number of ether oxygens (including phenoxy) is 2. The molecular weight excluding hydrogens is 456 g/mol. The van der Waals surface area contributed by atoms with Crippen molar-refractivity contribution in [2.75, 3.05) is 19.0 Å². The molecule has 1 amide bonds. The zero-order valence-corrected chi connectivity index (χ0v) is 19.7. The Morgan fingerprint density at radius 1 is 1.10 bits per heavy atom. The number of hydrogen-bond acceptors (Lipinski definition) is 4. The molecule has 0 bridgehead atoms. The molecule has 2 rings (SSSR count). The summed E-state index contributed by atoms with van der Waals surface area (Å²) in [5.41, 5.74) is 1.26. The van der Waals surface area contributed by atoms with E-state index in [2.05, 4.69) is 28.2 Å². The average Bonchev–Trinajstić information content (AvgIpc) is 2.78. The number of nitrogens with one attached hydrogen (secondary N) is 1. The summed E-state index contributed by atoms with van der Waals surface area (Å²) in [7, 11) is 1.58. The number of carbonyl (C=O) groups excluding carboxylic acids is 1. The highest BCUT2D eigenvalue weighted by Crippen LogP contribution is 2.26. The van der Waals surface area contributed by atoms with Gasteiger partial charge in [-0.15, -0.1) is 0 Å². The Balaban J connectivity index is 2.05. The maximum Gasteiger partial charge on any atom is 0.266 e. The van der Waals surface area contributed by atoms with Crippen LogP contribution in [-0.4, -0.2) is 19.6 Å². The summed E-state index contributed by atoms with van der Waals surface area (Å²) in [6.07, 6.45) is 8.66. The predicted molar refractivity (Wildman–Crippen MR) is 128 cm³/mol. The van der Waals surface area contributed by atoms with E-state index in [1.807, 2.05) is 24.3 Å². The van der Waals surface area contributed by atoms with Crippen LogP contribution >= 0.6 is 15.9 Å². The predicted octanol–water partition coefficient (Wildman–Crippen LogP) is 6.74. The number of nitriles is 1. The van der Waals surface area contributed by atoms with E-state index >= 15 is 0 Å². The number of amides is 1. The zero-order valence-electron chi connectivity index (χ0n) is 18.1. The lowest BCUT2D eigenvalue weighted by Gasteiger charge is -2.11. The summed E-state index contributed by atoms with van der Waals surface area (Å²) in [4.78, 5) is 12.6. The Morgan fingerprint density at radius 3 is 2.48 bits per heavy atom. The van der Waals surface area contributed by atoms with Crippen LogP contribution in [0.4, 0.5) is 5.69 Å². The summed E-state index contributed by atoms with van der Waals surface area (Å²) in [6.45, 7) is 2.81. The van der Waals surface area contributed by atoms with Crippen LogP contribution in [0.5, 0.6) is 11.5 Å². The van der Waals surface area contributed by atoms with Crippen molar-refractivity contribution in [2.45, 2.75) is 45.4 Å². The molecule has 0 radical (unpaired) electrons. The molecule has 164 valence electrons. The van der Waals surface area contributed by atoms with Gasteiger partial charge in [0.25, 0.3) is 5.91 Å². The summed E-state index contributed by atoms with van der Waals surface area (Å²) < 4.78 is 11.9. The minimum atomic E-state index is -0.477. The normalized spacial score (nSPS) is 11.0. The number of anilines is 1. The minimum absolute atomic E-state index is 0.00154. The molecule has 0 unspecified atom stereocenters. The highest BCUT2D eigenvalue weighted by Gasteiger charge is 2.12. The van der Waals surface area contributed by atoms with E-state index in [9.17, 15) is 10.1 Å². The van der Waals surface area contributed by atoms with Crippen molar-refractivity contribution in [1.82, 2.24) is 0 Å². The fourth-order valence-corrected chi connectivity index (χ4v) is 3.38. The lowest BCUT2D eigenvalue weighted by Crippen LogP contribution is -2.13. The van der Waals surface area contributed by atoms with Gasteiger partial charge in [0.15, 0.2) is 0 Å². The van der Waals surface area contributed by atoms with Crippen LogP contribution in [0.15, 0.2) is 52.5 Å². The topological polar surface area (TPSA) is 71.3 Å². The molecule has 5 nitrogen and oxygen atoms in total. The molecule has 0 aliphatic heterocycles. The third-order valence-electron chi connectivity index (χ3n) is 4.74. The second-order valence-corrected chi connectivity index (χ2v) is 8.07. The van der Waals surface area contributed by atoms with E-state index in [4.69, 9.17) is 9.47 Å². The molecule has 2 aromatic rings. The molecular formula is C25H29BrN2O3. The number of rotatable bonds is 12. The number of hydrogen-bond donors (Lipinski definition) is 1. The Hall–Kier alpha value is -2.78. The highest BCUT2D eigenvalue weighted by molar-refractivity contribution is 9.10. The van der Waals surface area contributed by atoms with Gasteiger partial charge in [-0.05, 0) is 55.0 Å². The smallest absolute Gasteiger partial charge is 0.266 e. The summed E-state index contributed by atoms with van der Waals surface area (Å²) in [6, 6.07) is 14.5. The molecule has 0 atom stereocenters. The van der Waals surface area contributed by atoms with Crippen molar-refractivity contribution in [3.8, 4) is 17.6 Å². The second kappa shape index (κ2) is 13.5. The molecule has 0 heterocycles. The van der Waals surface area contributed by atoms with Crippen LogP contribution in [0.3, 0.4) is 0 Å². The quantitative estimate of drug-likeness (QED) is 0.205. The molecule has 2 aromatic carbocycles. The third kappa shape index (κ3) is 8.47. The number of benzene rings is 2. The maximum absolute atomic E-state index is 12.6. The molecule has 0 saturated heterocycles. The van der Waals surface area contributed by atoms with Crippen molar-refractivity contribution in [3.05, 3.63) is 58.1 Å². The molecule has 0 fully saturated rings. The molecule has 0 aliphatic carbocycles. The maximum atomic E-state index is 12.6. The van der Waals surface area contributed by atoms with Crippen molar-refractivity contribution in [3.63, 3.8) is 0 Å². The van der Waals surface area contributed by atoms with E-state index in [1.165, 1.54) is 25.7 Å². The largest absolute Gasteiger partial charge is 0.497 e. The number of carbonyl (C=O) groups is 1. The van der Waals surface area contributed by atoms with Crippen LogP contribution in [-0.2, 0) is 4.79 Å². The number of nitrogens with zero attached hydrogens (tertiary/aromatic N) is 1. The highest BCUT2D eigenvalue weighted by atomic mass is 79.9. The molecule has 1 N–H and O–H groups in total. The Kier molecular flexibility index (Phi) is 10.7. The fourth-order valence-electron chi connectivity index (χ4n) is 3.00. The van der Waals surface area contributed by atoms with E-state index in [0.717, 1.165) is 17.3 Å². The van der Waals surface area contributed by atoms with Gasteiger partial charge in [-0.2, -0.15) is 5.26 Å². The summed E-state index contributed by atoms with van der Waals surface area (Å²) in [5, 5.41) is 12.3. The standard InChI is InChI=1S/C25H29BrN2O3/c1-3-4-5-6-7-8-15-31-24-14-9-21(26)17-19(24)16-20(18-27)25(29)28-22-10-12-23(30-2)13-11-22/h9-14,16-17H,3-8,15H2,1-2H3,(H,28,29)/b20-16-. The van der Waals surface area contributed by atoms with Gasteiger partial charge in [-0.3, -0.25) is 4.79 Å². The van der Waals surface area contributed by atoms with Gasteiger partial charge in [-0.1, -0.05) is 55.0 Å². The fraction of sp³-hybridized carbons (Fsp3) is 0.360. The Labute approximate surface area is 193 Å². The molecule has 0 saturated carbocycles.